The number of carboxylic acids is 1. The first kappa shape index (κ1) is 14.5. The van der Waals surface area contributed by atoms with E-state index in [-0.39, 0.29) is 5.91 Å². The van der Waals surface area contributed by atoms with Gasteiger partial charge in [0, 0.05) is 5.56 Å². The smallest absolute Gasteiger partial charge is 0.326 e. The number of fused-ring (bicyclic) bond motifs is 1. The molecule has 1 aromatic carbocycles. The SMILES string of the molecule is CC(C)(C)[C@@H](NC(=O)c1ccc2ncsc2c1)C(=O)O. The molecule has 0 fully saturated rings. The van der Waals surface area contributed by atoms with E-state index in [9.17, 15) is 14.7 Å². The molecule has 0 aliphatic rings. The Kier molecular flexibility index (Phi) is 3.76. The van der Waals surface area contributed by atoms with Crippen LogP contribution in [0.15, 0.2) is 23.7 Å². The van der Waals surface area contributed by atoms with Crippen molar-refractivity contribution in [3.8, 4) is 0 Å². The van der Waals surface area contributed by atoms with Gasteiger partial charge in [0.1, 0.15) is 6.04 Å². The molecule has 0 spiro atoms. The van der Waals surface area contributed by atoms with Crippen molar-refractivity contribution in [1.82, 2.24) is 10.3 Å². The number of aliphatic carboxylic acids is 1. The lowest BCUT2D eigenvalue weighted by molar-refractivity contribution is -0.142. The highest BCUT2D eigenvalue weighted by molar-refractivity contribution is 7.16. The Morgan fingerprint density at radius 3 is 2.65 bits per heavy atom. The van der Waals surface area contributed by atoms with Gasteiger partial charge in [0.2, 0.25) is 0 Å². The van der Waals surface area contributed by atoms with Crippen molar-refractivity contribution in [3.63, 3.8) is 0 Å². The van der Waals surface area contributed by atoms with Crippen LogP contribution in [0.2, 0.25) is 0 Å². The van der Waals surface area contributed by atoms with Crippen LogP contribution in [0.25, 0.3) is 10.2 Å². The van der Waals surface area contributed by atoms with Crippen LogP contribution in [-0.4, -0.2) is 28.0 Å². The number of amides is 1. The number of nitrogens with zero attached hydrogens (tertiary/aromatic N) is 1. The molecule has 0 aliphatic carbocycles. The number of carbonyl (C=O) groups excluding carboxylic acids is 1. The van der Waals surface area contributed by atoms with Crippen molar-refractivity contribution < 1.29 is 14.7 Å². The number of carboxylic acid groups (broad SMARTS) is 1. The molecule has 0 saturated heterocycles. The maximum Gasteiger partial charge on any atom is 0.326 e. The summed E-state index contributed by atoms with van der Waals surface area (Å²) in [5.41, 5.74) is 2.42. The van der Waals surface area contributed by atoms with Gasteiger partial charge in [-0.15, -0.1) is 11.3 Å². The third kappa shape index (κ3) is 2.96. The maximum absolute atomic E-state index is 12.2. The fourth-order valence-corrected chi connectivity index (χ4v) is 2.58. The molecule has 1 amide bonds. The van der Waals surface area contributed by atoms with Crippen LogP contribution in [0.1, 0.15) is 31.1 Å². The molecule has 6 heteroatoms. The van der Waals surface area contributed by atoms with Crippen LogP contribution in [-0.2, 0) is 4.79 Å². The summed E-state index contributed by atoms with van der Waals surface area (Å²) in [6.07, 6.45) is 0. The molecule has 2 N–H and O–H groups in total. The van der Waals surface area contributed by atoms with Crippen LogP contribution >= 0.6 is 11.3 Å². The zero-order chi connectivity index (χ0) is 14.9. The monoisotopic (exact) mass is 292 g/mol. The average molecular weight is 292 g/mol. The highest BCUT2D eigenvalue weighted by Crippen LogP contribution is 2.22. The summed E-state index contributed by atoms with van der Waals surface area (Å²) in [5, 5.41) is 11.8. The lowest BCUT2D eigenvalue weighted by Crippen LogP contribution is -2.49. The Bertz CT molecular complexity index is 658. The highest BCUT2D eigenvalue weighted by atomic mass is 32.1. The van der Waals surface area contributed by atoms with Gasteiger partial charge >= 0.3 is 5.97 Å². The summed E-state index contributed by atoms with van der Waals surface area (Å²) in [5.74, 6) is -1.42. The van der Waals surface area contributed by atoms with Crippen LogP contribution in [0.3, 0.4) is 0 Å². The predicted octanol–water partition coefficient (Wildman–Crippen LogP) is 2.53. The van der Waals surface area contributed by atoms with E-state index in [1.54, 1.807) is 44.5 Å². The average Bonchev–Trinajstić information content (AvgIpc) is 2.80. The summed E-state index contributed by atoms with van der Waals surface area (Å²) in [4.78, 5) is 27.6. The second kappa shape index (κ2) is 5.20. The minimum Gasteiger partial charge on any atom is -0.480 e. The van der Waals surface area contributed by atoms with Gasteiger partial charge in [0.25, 0.3) is 5.91 Å². The Morgan fingerprint density at radius 2 is 2.05 bits per heavy atom. The molecule has 1 atom stereocenters. The number of benzene rings is 1. The molecule has 0 bridgehead atoms. The number of rotatable bonds is 3. The van der Waals surface area contributed by atoms with E-state index in [0.29, 0.717) is 5.56 Å². The largest absolute Gasteiger partial charge is 0.480 e. The number of hydrogen-bond donors (Lipinski definition) is 2. The molecular formula is C14H16N2O3S. The van der Waals surface area contributed by atoms with Crippen molar-refractivity contribution in [2.24, 2.45) is 5.41 Å². The summed E-state index contributed by atoms with van der Waals surface area (Å²) < 4.78 is 0.903. The van der Waals surface area contributed by atoms with Crippen LogP contribution in [0, 0.1) is 5.41 Å². The van der Waals surface area contributed by atoms with E-state index in [4.69, 9.17) is 0 Å². The van der Waals surface area contributed by atoms with Gasteiger partial charge < -0.3 is 10.4 Å². The molecular weight excluding hydrogens is 276 g/mol. The van der Waals surface area contributed by atoms with Gasteiger partial charge in [-0.05, 0) is 23.6 Å². The van der Waals surface area contributed by atoms with Gasteiger partial charge in [-0.3, -0.25) is 4.79 Å². The van der Waals surface area contributed by atoms with Crippen molar-refractivity contribution >= 4 is 33.4 Å². The number of carbonyl (C=O) groups is 2. The summed E-state index contributed by atoms with van der Waals surface area (Å²) >= 11 is 1.44. The van der Waals surface area contributed by atoms with E-state index in [1.807, 2.05) is 0 Å². The lowest BCUT2D eigenvalue weighted by atomic mass is 9.86. The summed E-state index contributed by atoms with van der Waals surface area (Å²) in [6.45, 7) is 5.33. The summed E-state index contributed by atoms with van der Waals surface area (Å²) in [6, 6.07) is 4.20. The third-order valence-electron chi connectivity index (χ3n) is 2.98. The maximum atomic E-state index is 12.2. The Balaban J connectivity index is 2.24. The van der Waals surface area contributed by atoms with E-state index >= 15 is 0 Å². The molecule has 106 valence electrons. The molecule has 20 heavy (non-hydrogen) atoms. The molecule has 0 unspecified atom stereocenters. The number of nitrogens with one attached hydrogen (secondary N) is 1. The Labute approximate surface area is 120 Å². The molecule has 0 radical (unpaired) electrons. The van der Waals surface area contributed by atoms with Crippen LogP contribution in [0.5, 0.6) is 0 Å². The fourth-order valence-electron chi connectivity index (χ4n) is 1.86. The van der Waals surface area contributed by atoms with Crippen molar-refractivity contribution in [3.05, 3.63) is 29.3 Å². The molecule has 0 aliphatic heterocycles. The van der Waals surface area contributed by atoms with E-state index in [0.717, 1.165) is 10.2 Å². The first-order valence-corrected chi connectivity index (χ1v) is 7.04. The quantitative estimate of drug-likeness (QED) is 0.911. The number of hydrogen-bond acceptors (Lipinski definition) is 4. The second-order valence-electron chi connectivity index (χ2n) is 5.65. The number of aromatic nitrogens is 1. The normalized spacial score (nSPS) is 13.2. The topological polar surface area (TPSA) is 79.3 Å². The van der Waals surface area contributed by atoms with Crippen LogP contribution < -0.4 is 5.32 Å². The first-order chi connectivity index (χ1) is 9.29. The minimum atomic E-state index is -1.04. The zero-order valence-corrected chi connectivity index (χ0v) is 12.3. The zero-order valence-electron chi connectivity index (χ0n) is 11.5. The molecule has 1 heterocycles. The third-order valence-corrected chi connectivity index (χ3v) is 3.77. The van der Waals surface area contributed by atoms with E-state index in [2.05, 4.69) is 10.3 Å². The van der Waals surface area contributed by atoms with Gasteiger partial charge in [-0.25, -0.2) is 9.78 Å². The van der Waals surface area contributed by atoms with Crippen molar-refractivity contribution in [2.45, 2.75) is 26.8 Å². The molecule has 5 nitrogen and oxygen atoms in total. The van der Waals surface area contributed by atoms with Crippen molar-refractivity contribution in [1.29, 1.82) is 0 Å². The van der Waals surface area contributed by atoms with Gasteiger partial charge in [0.15, 0.2) is 0 Å². The number of thiazole rings is 1. The molecule has 0 saturated carbocycles. The van der Waals surface area contributed by atoms with Gasteiger partial charge in [-0.1, -0.05) is 20.8 Å². The lowest BCUT2D eigenvalue weighted by Gasteiger charge is -2.27. The molecule has 2 rings (SSSR count). The van der Waals surface area contributed by atoms with Gasteiger partial charge in [0.05, 0.1) is 15.7 Å². The second-order valence-corrected chi connectivity index (χ2v) is 6.53. The predicted molar refractivity (Wildman–Crippen MR) is 78.0 cm³/mol. The molecule has 2 aromatic rings. The first-order valence-electron chi connectivity index (χ1n) is 6.16. The molecule has 1 aromatic heterocycles. The Hall–Kier alpha value is -1.95. The minimum absolute atomic E-state index is 0.386. The van der Waals surface area contributed by atoms with E-state index < -0.39 is 17.4 Å². The fraction of sp³-hybridized carbons (Fsp3) is 0.357. The van der Waals surface area contributed by atoms with Crippen molar-refractivity contribution in [2.75, 3.05) is 0 Å². The summed E-state index contributed by atoms with van der Waals surface area (Å²) in [7, 11) is 0. The Morgan fingerprint density at radius 1 is 1.35 bits per heavy atom. The van der Waals surface area contributed by atoms with Crippen LogP contribution in [0.4, 0.5) is 0 Å². The van der Waals surface area contributed by atoms with E-state index in [1.165, 1.54) is 11.3 Å². The standard InChI is InChI=1S/C14H16N2O3S/c1-14(2,3)11(13(18)19)16-12(17)8-4-5-9-10(6-8)20-7-15-9/h4-7,11H,1-3H3,(H,16,17)(H,18,19)/t11-/m0/s1. The van der Waals surface area contributed by atoms with Gasteiger partial charge in [-0.2, -0.15) is 0 Å². The highest BCUT2D eigenvalue weighted by Gasteiger charge is 2.32.